The van der Waals surface area contributed by atoms with E-state index in [4.69, 9.17) is 0 Å². The fraction of sp³-hybridized carbons (Fsp3) is 0.302. The molecular weight excluding hydrogens is 1230 g/mol. The Hall–Kier alpha value is -8.46. The summed E-state index contributed by atoms with van der Waals surface area (Å²) in [5, 5.41) is 0. The number of nitrogens with zero attached hydrogens (tertiary/aromatic N) is 6. The molecule has 0 bridgehead atoms. The van der Waals surface area contributed by atoms with Crippen LogP contribution in [0.2, 0.25) is 0 Å². The number of rotatable bonds is 21. The molecule has 9 aromatic carbocycles. The van der Waals surface area contributed by atoms with E-state index in [0.717, 1.165) is 143 Å². The van der Waals surface area contributed by atoms with Crippen LogP contribution >= 0.6 is 0 Å². The molecule has 0 N–H and O–H groups in total. The maximum atomic E-state index is 13.6. The Labute approximate surface area is 577 Å². The van der Waals surface area contributed by atoms with Gasteiger partial charge in [0, 0.05) is 98.2 Å². The highest BCUT2D eigenvalue weighted by molar-refractivity contribution is 5.52. The molecule has 1 atom stereocenters. The summed E-state index contributed by atoms with van der Waals surface area (Å²) < 4.78 is 81.1. The Kier molecular flexibility index (Phi) is 25.6. The van der Waals surface area contributed by atoms with Gasteiger partial charge in [-0.15, -0.1) is 0 Å². The van der Waals surface area contributed by atoms with Crippen molar-refractivity contribution in [3.05, 3.63) is 338 Å². The lowest BCUT2D eigenvalue weighted by Crippen LogP contribution is -2.47. The summed E-state index contributed by atoms with van der Waals surface area (Å²) in [7, 11) is 0. The van der Waals surface area contributed by atoms with Crippen LogP contribution in [0.5, 0.6) is 0 Å². The molecule has 4 aliphatic rings. The van der Waals surface area contributed by atoms with Crippen LogP contribution in [0, 0.1) is 60.6 Å². The minimum atomic E-state index is -0.244. The second-order valence-electron chi connectivity index (χ2n) is 26.8. The quantitative estimate of drug-likeness (QED) is 0.0663. The van der Waals surface area contributed by atoms with E-state index in [9.17, 15) is 26.3 Å². The lowest BCUT2D eigenvalue weighted by atomic mass is 9.96. The minimum Gasteiger partial charge on any atom is -0.297 e. The highest BCUT2D eigenvalue weighted by atomic mass is 19.1. The molecule has 0 spiro atoms. The van der Waals surface area contributed by atoms with Crippen molar-refractivity contribution in [1.29, 1.82) is 0 Å². The molecule has 3 heterocycles. The van der Waals surface area contributed by atoms with Gasteiger partial charge in [-0.2, -0.15) is 0 Å². The summed E-state index contributed by atoms with van der Waals surface area (Å²) in [5.41, 5.74) is 13.9. The third-order valence-corrected chi connectivity index (χ3v) is 19.6. The topological polar surface area (TPSA) is 19.4 Å². The Balaban J connectivity index is 0.000000149. The van der Waals surface area contributed by atoms with Crippen molar-refractivity contribution < 1.29 is 26.3 Å². The lowest BCUT2D eigenvalue weighted by molar-refractivity contribution is 0.118. The zero-order valence-electron chi connectivity index (χ0n) is 56.8. The third-order valence-electron chi connectivity index (χ3n) is 19.6. The third kappa shape index (κ3) is 21.0. The van der Waals surface area contributed by atoms with Crippen molar-refractivity contribution in [3.63, 3.8) is 0 Å². The summed E-state index contributed by atoms with van der Waals surface area (Å²) in [6.45, 7) is 20.5. The first-order chi connectivity index (χ1) is 47.7. The van der Waals surface area contributed by atoms with Gasteiger partial charge in [-0.25, -0.2) is 26.3 Å². The van der Waals surface area contributed by atoms with Crippen LogP contribution in [-0.4, -0.2) is 128 Å². The first kappa shape index (κ1) is 70.8. The molecule has 98 heavy (non-hydrogen) atoms. The molecule has 3 saturated heterocycles. The van der Waals surface area contributed by atoms with Crippen molar-refractivity contribution >= 4 is 18.2 Å². The molecule has 12 heteroatoms. The Morgan fingerprint density at radius 3 is 0.755 bits per heavy atom. The normalized spacial score (nSPS) is 16.7. The van der Waals surface area contributed by atoms with E-state index < -0.39 is 0 Å². The largest absolute Gasteiger partial charge is 0.297 e. The number of piperazine rings is 3. The van der Waals surface area contributed by atoms with E-state index in [1.54, 1.807) is 0 Å². The van der Waals surface area contributed by atoms with Gasteiger partial charge in [-0.05, 0) is 173 Å². The Bertz CT molecular complexity index is 3620. The monoisotopic (exact) mass is 1320 g/mol. The van der Waals surface area contributed by atoms with Crippen LogP contribution in [-0.2, 0) is 6.42 Å². The van der Waals surface area contributed by atoms with E-state index in [2.05, 4.69) is 159 Å². The summed E-state index contributed by atoms with van der Waals surface area (Å²) in [6.07, 6.45) is 17.3. The first-order valence-electron chi connectivity index (χ1n) is 34.9. The maximum Gasteiger partial charge on any atom is 0.123 e. The molecule has 0 radical (unpaired) electrons. The van der Waals surface area contributed by atoms with E-state index in [1.165, 1.54) is 125 Å². The van der Waals surface area contributed by atoms with Gasteiger partial charge in [-0.1, -0.05) is 200 Å². The predicted octanol–water partition coefficient (Wildman–Crippen LogP) is 18.4. The summed E-state index contributed by atoms with van der Waals surface area (Å²) in [5.74, 6) is 0.297. The average molecular weight is 1320 g/mol. The van der Waals surface area contributed by atoms with Crippen LogP contribution in [0.4, 0.5) is 26.3 Å². The van der Waals surface area contributed by atoms with E-state index in [-0.39, 0.29) is 53.0 Å². The standard InChI is InChI=1S/C32H36F2N2.2C27H28F2N2/c1-24(27-8-9-27)23-26-6-4-25(5-7-26)3-2-18-35-19-21-36(22-20-35)32(28-10-14-30(33)15-11-28)29-12-16-31(34)17-13-29;2*1-21-4-6-22(7-5-21)3-2-16-30-17-19-31(20-18-30)27(23-8-12-25(28)13-9-23)24-10-14-26(29)15-11-24/h2-7,10-17,24,27,32H,8-9,18-23H2,1H3;2*2-15,27H,16-20H2,1H3/b3*3-2+. The highest BCUT2D eigenvalue weighted by Crippen LogP contribution is 2.38. The summed E-state index contributed by atoms with van der Waals surface area (Å²) >= 11 is 0. The first-order valence-corrected chi connectivity index (χ1v) is 34.9. The van der Waals surface area contributed by atoms with Crippen molar-refractivity contribution in [2.75, 3.05) is 98.2 Å². The molecule has 4 fully saturated rings. The molecule has 3 aliphatic heterocycles. The number of benzene rings is 9. The van der Waals surface area contributed by atoms with Gasteiger partial charge in [0.15, 0.2) is 0 Å². The van der Waals surface area contributed by atoms with Gasteiger partial charge in [0.2, 0.25) is 0 Å². The lowest BCUT2D eigenvalue weighted by Gasteiger charge is -2.39. The van der Waals surface area contributed by atoms with Crippen molar-refractivity contribution in [2.24, 2.45) is 11.8 Å². The molecule has 1 saturated carbocycles. The second kappa shape index (κ2) is 35.4. The minimum absolute atomic E-state index is 0.00792. The number of hydrogen-bond acceptors (Lipinski definition) is 6. The van der Waals surface area contributed by atoms with E-state index in [0.29, 0.717) is 0 Å². The van der Waals surface area contributed by atoms with E-state index >= 15 is 0 Å². The molecule has 1 unspecified atom stereocenters. The van der Waals surface area contributed by atoms with Crippen LogP contribution in [0.15, 0.2) is 237 Å². The van der Waals surface area contributed by atoms with Gasteiger partial charge in [0.05, 0.1) is 18.1 Å². The number of aryl methyl sites for hydroxylation is 2. The fourth-order valence-corrected chi connectivity index (χ4v) is 13.7. The molecule has 6 nitrogen and oxygen atoms in total. The van der Waals surface area contributed by atoms with Crippen LogP contribution in [0.3, 0.4) is 0 Å². The highest BCUT2D eigenvalue weighted by Gasteiger charge is 2.31. The molecule has 508 valence electrons. The van der Waals surface area contributed by atoms with Gasteiger partial charge in [-0.3, -0.25) is 29.4 Å². The summed E-state index contributed by atoms with van der Waals surface area (Å²) in [6, 6.07) is 66.1. The number of hydrogen-bond donors (Lipinski definition) is 0. The molecule has 1 aliphatic carbocycles. The Morgan fingerprint density at radius 1 is 0.306 bits per heavy atom. The fourth-order valence-electron chi connectivity index (χ4n) is 13.7. The molecular formula is C86H92F6N6. The van der Waals surface area contributed by atoms with Crippen LogP contribution < -0.4 is 0 Å². The van der Waals surface area contributed by atoms with Crippen molar-refractivity contribution in [1.82, 2.24) is 29.4 Å². The smallest absolute Gasteiger partial charge is 0.123 e. The molecule has 0 amide bonds. The van der Waals surface area contributed by atoms with Gasteiger partial charge in [0.1, 0.15) is 34.9 Å². The average Bonchev–Trinajstić information content (AvgIpc) is 2.05. The van der Waals surface area contributed by atoms with Crippen molar-refractivity contribution in [3.8, 4) is 0 Å². The number of halogens is 6. The van der Waals surface area contributed by atoms with E-state index in [1.807, 2.05) is 72.8 Å². The van der Waals surface area contributed by atoms with Gasteiger partial charge < -0.3 is 0 Å². The predicted molar refractivity (Wildman–Crippen MR) is 389 cm³/mol. The van der Waals surface area contributed by atoms with Gasteiger partial charge in [0.25, 0.3) is 0 Å². The maximum absolute atomic E-state index is 13.6. The van der Waals surface area contributed by atoms with Crippen LogP contribution in [0.25, 0.3) is 18.2 Å². The zero-order valence-corrected chi connectivity index (χ0v) is 56.8. The SMILES string of the molecule is CC(Cc1ccc(/C=C/CN2CCN(C(c3ccc(F)cc3)c3ccc(F)cc3)CC2)cc1)C1CC1.Cc1ccc(/C=C/CN2CCN(C(c3ccc(F)cc3)c3ccc(F)cc3)CC2)cc1.Cc1ccc(/C=C/CN2CCN(C(c3ccc(F)cc3)c3ccc(F)cc3)CC2)cc1. The zero-order chi connectivity index (χ0) is 68.2. The van der Waals surface area contributed by atoms with Crippen LogP contribution in [0.1, 0.15) is 105 Å². The second-order valence-corrected chi connectivity index (χ2v) is 26.8. The molecule has 0 aromatic heterocycles. The summed E-state index contributed by atoms with van der Waals surface area (Å²) in [4.78, 5) is 14.6. The molecule has 13 rings (SSSR count). The Morgan fingerprint density at radius 2 is 0.531 bits per heavy atom. The molecule has 9 aromatic rings. The van der Waals surface area contributed by atoms with Crippen molar-refractivity contribution in [2.45, 2.75) is 58.2 Å². The van der Waals surface area contributed by atoms with Gasteiger partial charge >= 0.3 is 0 Å².